The molecular formula is C25H23N5O. The van der Waals surface area contributed by atoms with Crippen molar-refractivity contribution < 1.29 is 4.79 Å². The second-order valence-electron chi connectivity index (χ2n) is 7.82. The minimum absolute atomic E-state index is 0.0695. The van der Waals surface area contributed by atoms with E-state index >= 15 is 0 Å². The average Bonchev–Trinajstić information content (AvgIpc) is 2.84. The van der Waals surface area contributed by atoms with Crippen molar-refractivity contribution in [2.75, 3.05) is 24.5 Å². The van der Waals surface area contributed by atoms with Gasteiger partial charge in [-0.05, 0) is 31.2 Å². The van der Waals surface area contributed by atoms with Crippen molar-refractivity contribution in [3.8, 4) is 11.3 Å². The van der Waals surface area contributed by atoms with Crippen molar-refractivity contribution in [3.63, 3.8) is 0 Å². The molecule has 6 heteroatoms. The van der Waals surface area contributed by atoms with Crippen LogP contribution in [0.5, 0.6) is 0 Å². The first-order valence-electron chi connectivity index (χ1n) is 10.5. The van der Waals surface area contributed by atoms with E-state index in [2.05, 4.69) is 39.1 Å². The molecule has 0 N–H and O–H groups in total. The number of aromatic nitrogens is 3. The highest BCUT2D eigenvalue weighted by atomic mass is 16.2. The number of amides is 1. The summed E-state index contributed by atoms with van der Waals surface area (Å²) in [6.45, 7) is 4.17. The van der Waals surface area contributed by atoms with Gasteiger partial charge in [0.2, 0.25) is 0 Å². The third kappa shape index (κ3) is 3.61. The molecule has 0 saturated carbocycles. The van der Waals surface area contributed by atoms with Gasteiger partial charge in [0.25, 0.3) is 5.91 Å². The predicted molar refractivity (Wildman–Crippen MR) is 122 cm³/mol. The van der Waals surface area contributed by atoms with E-state index in [-0.39, 0.29) is 11.9 Å². The van der Waals surface area contributed by atoms with Crippen LogP contribution in [0.25, 0.3) is 22.0 Å². The lowest BCUT2D eigenvalue weighted by Crippen LogP contribution is -2.54. The maximum absolute atomic E-state index is 12.9. The summed E-state index contributed by atoms with van der Waals surface area (Å²) in [5, 5.41) is 11.3. The third-order valence-electron chi connectivity index (χ3n) is 5.81. The normalized spacial score (nSPS) is 16.5. The van der Waals surface area contributed by atoms with Crippen LogP contribution < -0.4 is 4.90 Å². The quantitative estimate of drug-likeness (QED) is 0.511. The second-order valence-corrected chi connectivity index (χ2v) is 7.82. The Kier molecular flexibility index (Phi) is 5.04. The number of carbonyl (C=O) groups excluding carboxylic acids is 1. The Morgan fingerprint density at radius 3 is 2.42 bits per heavy atom. The fourth-order valence-electron chi connectivity index (χ4n) is 4.24. The van der Waals surface area contributed by atoms with Gasteiger partial charge >= 0.3 is 0 Å². The van der Waals surface area contributed by atoms with Crippen molar-refractivity contribution >= 4 is 22.5 Å². The van der Waals surface area contributed by atoms with Gasteiger partial charge in [-0.25, -0.2) is 0 Å². The van der Waals surface area contributed by atoms with Crippen LogP contribution in [0.1, 0.15) is 17.3 Å². The molecule has 0 unspecified atom stereocenters. The summed E-state index contributed by atoms with van der Waals surface area (Å²) in [6, 6.07) is 21.7. The van der Waals surface area contributed by atoms with Gasteiger partial charge in [0.05, 0.1) is 0 Å². The molecule has 0 radical (unpaired) electrons. The van der Waals surface area contributed by atoms with Gasteiger partial charge in [-0.3, -0.25) is 9.78 Å². The lowest BCUT2D eigenvalue weighted by molar-refractivity contribution is 0.0674. The fourth-order valence-corrected chi connectivity index (χ4v) is 4.24. The highest BCUT2D eigenvalue weighted by molar-refractivity contribution is 6.00. The smallest absolute Gasteiger partial charge is 0.254 e. The van der Waals surface area contributed by atoms with Crippen LogP contribution >= 0.6 is 0 Å². The number of nitrogens with zero attached hydrogens (tertiary/aromatic N) is 5. The van der Waals surface area contributed by atoms with Gasteiger partial charge in [0, 0.05) is 60.0 Å². The molecule has 1 amide bonds. The predicted octanol–water partition coefficient (Wildman–Crippen LogP) is 4.04. The Hall–Kier alpha value is -3.80. The molecule has 154 valence electrons. The molecule has 1 fully saturated rings. The molecule has 1 aliphatic heterocycles. The molecule has 6 nitrogen and oxygen atoms in total. The van der Waals surface area contributed by atoms with Gasteiger partial charge in [-0.2, -0.15) is 0 Å². The topological polar surface area (TPSA) is 62.2 Å². The van der Waals surface area contributed by atoms with Gasteiger partial charge in [0.15, 0.2) is 5.82 Å². The molecule has 2 aromatic carbocycles. The zero-order chi connectivity index (χ0) is 21.2. The number of carbonyl (C=O) groups is 1. The number of anilines is 1. The molecule has 1 saturated heterocycles. The van der Waals surface area contributed by atoms with Crippen LogP contribution in [0.3, 0.4) is 0 Å². The highest BCUT2D eigenvalue weighted by Crippen LogP contribution is 2.32. The van der Waals surface area contributed by atoms with E-state index in [0.29, 0.717) is 19.6 Å². The number of pyridine rings is 1. The van der Waals surface area contributed by atoms with Crippen molar-refractivity contribution in [1.29, 1.82) is 0 Å². The number of piperazine rings is 1. The number of rotatable bonds is 3. The lowest BCUT2D eigenvalue weighted by Gasteiger charge is -2.40. The largest absolute Gasteiger partial charge is 0.351 e. The molecule has 1 aliphatic rings. The van der Waals surface area contributed by atoms with E-state index in [4.69, 9.17) is 0 Å². The number of benzene rings is 2. The Bertz CT molecular complexity index is 1210. The Morgan fingerprint density at radius 1 is 0.903 bits per heavy atom. The van der Waals surface area contributed by atoms with E-state index in [0.717, 1.165) is 33.4 Å². The first-order chi connectivity index (χ1) is 15.2. The Balaban J connectivity index is 1.44. The van der Waals surface area contributed by atoms with Gasteiger partial charge < -0.3 is 9.80 Å². The van der Waals surface area contributed by atoms with Gasteiger partial charge in [0.1, 0.15) is 5.69 Å². The number of hydrogen-bond acceptors (Lipinski definition) is 5. The van der Waals surface area contributed by atoms with Crippen molar-refractivity contribution in [2.24, 2.45) is 0 Å². The molecule has 1 atom stereocenters. The molecule has 0 bridgehead atoms. The van der Waals surface area contributed by atoms with E-state index < -0.39 is 0 Å². The van der Waals surface area contributed by atoms with Crippen LogP contribution in [0.4, 0.5) is 5.82 Å². The first kappa shape index (κ1) is 19.2. The molecule has 4 aromatic rings. The molecule has 5 rings (SSSR count). The number of hydrogen-bond donors (Lipinski definition) is 0. The van der Waals surface area contributed by atoms with Crippen LogP contribution in [0, 0.1) is 0 Å². The molecule has 2 aromatic heterocycles. The SMILES string of the molecule is C[C@H]1CN(c2nnc(-c3cccnc3)c3ccccc23)CCN1C(=O)c1ccccc1. The molecule has 0 spiro atoms. The van der Waals surface area contributed by atoms with Crippen molar-refractivity contribution in [3.05, 3.63) is 84.7 Å². The average molecular weight is 409 g/mol. The highest BCUT2D eigenvalue weighted by Gasteiger charge is 2.29. The van der Waals surface area contributed by atoms with Gasteiger partial charge in [-0.15, -0.1) is 10.2 Å². The number of fused-ring (bicyclic) bond motifs is 1. The summed E-state index contributed by atoms with van der Waals surface area (Å²) in [5.41, 5.74) is 2.51. The minimum atomic E-state index is 0.0695. The van der Waals surface area contributed by atoms with Crippen LogP contribution in [-0.2, 0) is 0 Å². The maximum Gasteiger partial charge on any atom is 0.254 e. The molecule has 31 heavy (non-hydrogen) atoms. The Morgan fingerprint density at radius 2 is 1.68 bits per heavy atom. The maximum atomic E-state index is 12.9. The zero-order valence-corrected chi connectivity index (χ0v) is 17.3. The zero-order valence-electron chi connectivity index (χ0n) is 17.3. The summed E-state index contributed by atoms with van der Waals surface area (Å²) in [7, 11) is 0. The van der Waals surface area contributed by atoms with Gasteiger partial charge in [-0.1, -0.05) is 42.5 Å². The van der Waals surface area contributed by atoms with E-state index in [1.807, 2.05) is 65.7 Å². The molecule has 0 aliphatic carbocycles. The Labute approximate surface area is 181 Å². The van der Waals surface area contributed by atoms with Crippen molar-refractivity contribution in [2.45, 2.75) is 13.0 Å². The third-order valence-corrected chi connectivity index (χ3v) is 5.81. The summed E-state index contributed by atoms with van der Waals surface area (Å²) < 4.78 is 0. The summed E-state index contributed by atoms with van der Waals surface area (Å²) in [4.78, 5) is 21.4. The standard InChI is InChI=1S/C25H23N5O/c1-18-17-29(14-15-30(18)25(31)19-8-3-2-4-9-19)24-22-12-6-5-11-21(22)23(27-28-24)20-10-7-13-26-16-20/h2-13,16,18H,14-15,17H2,1H3/t18-/m0/s1. The van der Waals surface area contributed by atoms with E-state index in [9.17, 15) is 4.79 Å². The summed E-state index contributed by atoms with van der Waals surface area (Å²) in [5.74, 6) is 0.942. The van der Waals surface area contributed by atoms with E-state index in [1.54, 1.807) is 6.20 Å². The minimum Gasteiger partial charge on any atom is -0.351 e. The fraction of sp³-hybridized carbons (Fsp3) is 0.200. The van der Waals surface area contributed by atoms with E-state index in [1.165, 1.54) is 0 Å². The first-order valence-corrected chi connectivity index (χ1v) is 10.5. The monoisotopic (exact) mass is 409 g/mol. The molecule has 3 heterocycles. The van der Waals surface area contributed by atoms with Crippen LogP contribution in [0.2, 0.25) is 0 Å². The van der Waals surface area contributed by atoms with Crippen LogP contribution in [0.15, 0.2) is 79.1 Å². The summed E-state index contributed by atoms with van der Waals surface area (Å²) in [6.07, 6.45) is 3.57. The van der Waals surface area contributed by atoms with Crippen molar-refractivity contribution in [1.82, 2.24) is 20.1 Å². The van der Waals surface area contributed by atoms with Crippen LogP contribution in [-0.4, -0.2) is 51.7 Å². The summed E-state index contributed by atoms with van der Waals surface area (Å²) >= 11 is 0. The second kappa shape index (κ2) is 8.14. The lowest BCUT2D eigenvalue weighted by atomic mass is 10.0. The molecular weight excluding hydrogens is 386 g/mol.